The Labute approximate surface area is 141 Å². The van der Waals surface area contributed by atoms with E-state index in [2.05, 4.69) is 9.97 Å². The molecule has 3 rings (SSSR count). The van der Waals surface area contributed by atoms with Gasteiger partial charge in [0.1, 0.15) is 5.82 Å². The summed E-state index contributed by atoms with van der Waals surface area (Å²) in [4.78, 5) is 20.5. The molecule has 1 heterocycles. The van der Waals surface area contributed by atoms with E-state index in [-0.39, 0.29) is 5.97 Å². The molecular weight excluding hydrogens is 300 g/mol. The Morgan fingerprint density at radius 1 is 0.958 bits per heavy atom. The SMILES string of the molecule is COC(=O)C(c1ccc(C)cc1)(c1ccc(C)cc1)c1ncc[nH]1. The van der Waals surface area contributed by atoms with Crippen molar-refractivity contribution in [3.63, 3.8) is 0 Å². The maximum atomic E-state index is 13.0. The van der Waals surface area contributed by atoms with E-state index in [1.807, 2.05) is 62.4 Å². The lowest BCUT2D eigenvalue weighted by atomic mass is 9.73. The zero-order chi connectivity index (χ0) is 17.2. The number of aromatic nitrogens is 2. The van der Waals surface area contributed by atoms with Gasteiger partial charge in [0.05, 0.1) is 7.11 Å². The van der Waals surface area contributed by atoms with Crippen LogP contribution in [-0.4, -0.2) is 23.0 Å². The molecule has 1 aromatic heterocycles. The van der Waals surface area contributed by atoms with Crippen LogP contribution in [0.2, 0.25) is 0 Å². The summed E-state index contributed by atoms with van der Waals surface area (Å²) < 4.78 is 5.21. The summed E-state index contributed by atoms with van der Waals surface area (Å²) in [5.74, 6) is 0.173. The summed E-state index contributed by atoms with van der Waals surface area (Å²) in [6, 6.07) is 15.8. The Morgan fingerprint density at radius 2 is 1.46 bits per heavy atom. The Bertz CT molecular complexity index is 774. The number of carbonyl (C=O) groups excluding carboxylic acids is 1. The number of esters is 1. The van der Waals surface area contributed by atoms with Gasteiger partial charge in [-0.05, 0) is 25.0 Å². The quantitative estimate of drug-likeness (QED) is 0.748. The van der Waals surface area contributed by atoms with Gasteiger partial charge in [0.15, 0.2) is 5.41 Å². The fourth-order valence-corrected chi connectivity index (χ4v) is 3.00. The first-order valence-corrected chi connectivity index (χ1v) is 7.81. The highest BCUT2D eigenvalue weighted by molar-refractivity contribution is 5.91. The standard InChI is InChI=1S/C20H20N2O2/c1-14-4-8-16(9-5-14)20(19(23)24-3,18-21-12-13-22-18)17-10-6-15(2)7-11-17/h4-13H,1-3H3,(H,21,22). The molecule has 0 amide bonds. The van der Waals surface area contributed by atoms with Gasteiger partial charge >= 0.3 is 5.97 Å². The Kier molecular flexibility index (Phi) is 4.21. The summed E-state index contributed by atoms with van der Waals surface area (Å²) in [6.45, 7) is 4.03. The van der Waals surface area contributed by atoms with Gasteiger partial charge in [0, 0.05) is 12.4 Å². The van der Waals surface area contributed by atoms with E-state index in [1.54, 1.807) is 12.4 Å². The first kappa shape index (κ1) is 16.0. The monoisotopic (exact) mass is 320 g/mol. The number of imidazole rings is 1. The number of hydrogen-bond acceptors (Lipinski definition) is 3. The van der Waals surface area contributed by atoms with Gasteiger partial charge in [0.25, 0.3) is 0 Å². The largest absolute Gasteiger partial charge is 0.468 e. The third kappa shape index (κ3) is 2.50. The molecule has 122 valence electrons. The lowest BCUT2D eigenvalue weighted by Crippen LogP contribution is -2.40. The minimum Gasteiger partial charge on any atom is -0.468 e. The summed E-state index contributed by atoms with van der Waals surface area (Å²) in [5, 5.41) is 0. The Balaban J connectivity index is 2.35. The van der Waals surface area contributed by atoms with E-state index in [4.69, 9.17) is 4.74 Å². The zero-order valence-electron chi connectivity index (χ0n) is 14.0. The molecule has 0 saturated heterocycles. The van der Waals surface area contributed by atoms with E-state index in [0.29, 0.717) is 5.82 Å². The number of hydrogen-bond donors (Lipinski definition) is 1. The number of aromatic amines is 1. The zero-order valence-corrected chi connectivity index (χ0v) is 14.0. The van der Waals surface area contributed by atoms with Gasteiger partial charge in [-0.2, -0.15) is 0 Å². The molecule has 4 heteroatoms. The molecule has 4 nitrogen and oxygen atoms in total. The third-order valence-corrected chi connectivity index (χ3v) is 4.31. The topological polar surface area (TPSA) is 55.0 Å². The van der Waals surface area contributed by atoms with Crippen LogP contribution in [0, 0.1) is 13.8 Å². The van der Waals surface area contributed by atoms with Gasteiger partial charge in [-0.3, -0.25) is 4.79 Å². The third-order valence-electron chi connectivity index (χ3n) is 4.31. The number of rotatable bonds is 4. The second kappa shape index (κ2) is 6.32. The highest BCUT2D eigenvalue weighted by atomic mass is 16.5. The second-order valence-electron chi connectivity index (χ2n) is 5.91. The summed E-state index contributed by atoms with van der Waals surface area (Å²) in [5.41, 5.74) is 2.76. The molecule has 1 N–H and O–H groups in total. The Morgan fingerprint density at radius 3 is 1.83 bits per heavy atom. The molecule has 0 aliphatic rings. The van der Waals surface area contributed by atoms with Crippen molar-refractivity contribution in [1.29, 1.82) is 0 Å². The number of aryl methyl sites for hydroxylation is 2. The van der Waals surface area contributed by atoms with Crippen molar-refractivity contribution in [1.82, 2.24) is 9.97 Å². The van der Waals surface area contributed by atoms with Gasteiger partial charge in [-0.25, -0.2) is 4.98 Å². The fraction of sp³-hybridized carbons (Fsp3) is 0.200. The van der Waals surface area contributed by atoms with Gasteiger partial charge in [0.2, 0.25) is 0 Å². The van der Waals surface area contributed by atoms with Crippen molar-refractivity contribution in [2.75, 3.05) is 7.11 Å². The van der Waals surface area contributed by atoms with E-state index in [9.17, 15) is 4.79 Å². The van der Waals surface area contributed by atoms with Gasteiger partial charge in [-0.1, -0.05) is 59.7 Å². The molecule has 24 heavy (non-hydrogen) atoms. The summed E-state index contributed by atoms with van der Waals surface area (Å²) >= 11 is 0. The molecule has 0 atom stereocenters. The first-order chi connectivity index (χ1) is 11.6. The number of H-pyrrole nitrogens is 1. The van der Waals surface area contributed by atoms with E-state index in [1.165, 1.54) is 7.11 Å². The number of methoxy groups -OCH3 is 1. The van der Waals surface area contributed by atoms with Crippen LogP contribution in [0.5, 0.6) is 0 Å². The van der Waals surface area contributed by atoms with Crippen molar-refractivity contribution in [2.24, 2.45) is 0 Å². The van der Waals surface area contributed by atoms with Crippen LogP contribution in [0.1, 0.15) is 28.1 Å². The van der Waals surface area contributed by atoms with Crippen molar-refractivity contribution in [2.45, 2.75) is 19.3 Å². The molecule has 3 aromatic rings. The fourth-order valence-electron chi connectivity index (χ4n) is 3.00. The van der Waals surface area contributed by atoms with Crippen LogP contribution < -0.4 is 0 Å². The average Bonchev–Trinajstić information content (AvgIpc) is 3.13. The number of ether oxygens (including phenoxy) is 1. The molecule has 2 aromatic carbocycles. The predicted octanol–water partition coefficient (Wildman–Crippen LogP) is 3.53. The molecule has 0 saturated carbocycles. The molecule has 0 fully saturated rings. The first-order valence-electron chi connectivity index (χ1n) is 7.81. The van der Waals surface area contributed by atoms with Gasteiger partial charge < -0.3 is 9.72 Å². The maximum absolute atomic E-state index is 13.0. The van der Waals surface area contributed by atoms with E-state index >= 15 is 0 Å². The second-order valence-corrected chi connectivity index (χ2v) is 5.91. The molecule has 0 radical (unpaired) electrons. The minimum atomic E-state index is -1.13. The number of benzene rings is 2. The van der Waals surface area contributed by atoms with Crippen LogP contribution >= 0.6 is 0 Å². The molecule has 0 aliphatic carbocycles. The average molecular weight is 320 g/mol. The predicted molar refractivity (Wildman–Crippen MR) is 92.8 cm³/mol. The molecule has 0 unspecified atom stereocenters. The van der Waals surface area contributed by atoms with Gasteiger partial charge in [-0.15, -0.1) is 0 Å². The lowest BCUT2D eigenvalue weighted by Gasteiger charge is -2.30. The summed E-state index contributed by atoms with van der Waals surface area (Å²) in [6.07, 6.45) is 3.37. The number of nitrogens with zero attached hydrogens (tertiary/aromatic N) is 1. The van der Waals surface area contributed by atoms with Crippen molar-refractivity contribution in [3.05, 3.63) is 89.0 Å². The molecular formula is C20H20N2O2. The van der Waals surface area contributed by atoms with E-state index < -0.39 is 5.41 Å². The minimum absolute atomic E-state index is 0.370. The normalized spacial score (nSPS) is 11.3. The molecule has 0 spiro atoms. The highest BCUT2D eigenvalue weighted by Crippen LogP contribution is 2.38. The van der Waals surface area contributed by atoms with Crippen LogP contribution in [0.25, 0.3) is 0 Å². The smallest absolute Gasteiger partial charge is 0.328 e. The lowest BCUT2D eigenvalue weighted by molar-refractivity contribution is -0.144. The maximum Gasteiger partial charge on any atom is 0.328 e. The summed E-state index contributed by atoms with van der Waals surface area (Å²) in [7, 11) is 1.41. The van der Waals surface area contributed by atoms with Crippen molar-refractivity contribution >= 4 is 5.97 Å². The molecule has 0 bridgehead atoms. The van der Waals surface area contributed by atoms with Crippen LogP contribution in [0.3, 0.4) is 0 Å². The van der Waals surface area contributed by atoms with Crippen LogP contribution in [-0.2, 0) is 14.9 Å². The van der Waals surface area contributed by atoms with Crippen LogP contribution in [0.4, 0.5) is 0 Å². The van der Waals surface area contributed by atoms with Crippen molar-refractivity contribution < 1.29 is 9.53 Å². The number of nitrogens with one attached hydrogen (secondary N) is 1. The number of carbonyl (C=O) groups is 1. The van der Waals surface area contributed by atoms with Crippen LogP contribution in [0.15, 0.2) is 60.9 Å². The highest BCUT2D eigenvalue weighted by Gasteiger charge is 2.47. The molecule has 0 aliphatic heterocycles. The van der Waals surface area contributed by atoms with E-state index in [0.717, 1.165) is 22.3 Å². The van der Waals surface area contributed by atoms with Crippen molar-refractivity contribution in [3.8, 4) is 0 Å². The Hall–Kier alpha value is -2.88.